The predicted molar refractivity (Wildman–Crippen MR) is 291 cm³/mol. The topological polar surface area (TPSA) is 389 Å². The van der Waals surface area contributed by atoms with E-state index in [0.29, 0.717) is 24.1 Å². The Labute approximate surface area is 453 Å². The second kappa shape index (κ2) is 30.6. The molecule has 424 valence electrons. The van der Waals surface area contributed by atoms with Crippen molar-refractivity contribution < 1.29 is 47.9 Å². The molecule has 0 radical (unpaired) electrons. The van der Waals surface area contributed by atoms with Crippen molar-refractivity contribution in [1.82, 2.24) is 57.5 Å². The van der Waals surface area contributed by atoms with Gasteiger partial charge in [0, 0.05) is 48.3 Å². The maximum Gasteiger partial charge on any atom is 0.243 e. The van der Waals surface area contributed by atoms with E-state index in [1.165, 1.54) is 19.4 Å². The van der Waals surface area contributed by atoms with Crippen molar-refractivity contribution in [2.45, 2.75) is 148 Å². The Morgan fingerprint density at radius 3 is 1.79 bits per heavy atom. The van der Waals surface area contributed by atoms with E-state index in [1.54, 1.807) is 50.4 Å². The lowest BCUT2D eigenvalue weighted by atomic mass is 10.00. The highest BCUT2D eigenvalue weighted by atomic mass is 16.2. The number of primary amides is 2. The van der Waals surface area contributed by atoms with Gasteiger partial charge in [-0.15, -0.1) is 0 Å². The van der Waals surface area contributed by atoms with E-state index < -0.39 is 120 Å². The second-order valence-electron chi connectivity index (χ2n) is 20.7. The first-order chi connectivity index (χ1) is 36.9. The molecule has 0 fully saturated rings. The molecule has 2 aromatic heterocycles. The number of fused-ring (bicyclic) bond motifs is 1. The summed E-state index contributed by atoms with van der Waals surface area (Å²) in [6.07, 6.45) is 5.09. The number of amides is 10. The van der Waals surface area contributed by atoms with Gasteiger partial charge >= 0.3 is 0 Å². The lowest BCUT2D eigenvalue weighted by Gasteiger charge is -2.27. The van der Waals surface area contributed by atoms with Crippen LogP contribution in [0.5, 0.6) is 0 Å². The second-order valence-corrected chi connectivity index (χ2v) is 20.7. The van der Waals surface area contributed by atoms with Crippen LogP contribution in [0.3, 0.4) is 0 Å². The number of hydrogen-bond acceptors (Lipinski definition) is 12. The van der Waals surface area contributed by atoms with Crippen LogP contribution in [0.2, 0.25) is 0 Å². The van der Waals surface area contributed by atoms with E-state index in [1.807, 2.05) is 52.0 Å². The number of nitrogens with one attached hydrogen (secondary N) is 10. The average molecular weight is 1080 g/mol. The molecule has 0 unspecified atom stereocenters. The van der Waals surface area contributed by atoms with Gasteiger partial charge in [-0.25, -0.2) is 4.98 Å². The van der Waals surface area contributed by atoms with E-state index in [-0.39, 0.29) is 50.4 Å². The molecule has 0 saturated carbocycles. The van der Waals surface area contributed by atoms with Gasteiger partial charge in [-0.2, -0.15) is 0 Å². The fourth-order valence-electron chi connectivity index (χ4n) is 8.37. The van der Waals surface area contributed by atoms with Crippen LogP contribution in [-0.2, 0) is 67.2 Å². The minimum absolute atomic E-state index is 0.0771. The van der Waals surface area contributed by atoms with Crippen LogP contribution in [0.4, 0.5) is 0 Å². The van der Waals surface area contributed by atoms with E-state index in [2.05, 4.69) is 57.5 Å². The Bertz CT molecular complexity index is 2670. The van der Waals surface area contributed by atoms with Gasteiger partial charge in [0.25, 0.3) is 0 Å². The normalized spacial score (nSPS) is 14.4. The van der Waals surface area contributed by atoms with Crippen molar-refractivity contribution in [3.8, 4) is 0 Å². The summed E-state index contributed by atoms with van der Waals surface area (Å²) in [5.41, 5.74) is 19.9. The molecule has 0 aliphatic carbocycles. The molecule has 4 rings (SSSR count). The fourth-order valence-corrected chi connectivity index (χ4v) is 8.37. The summed E-state index contributed by atoms with van der Waals surface area (Å²) < 4.78 is 0. The number of aromatic nitrogens is 3. The van der Waals surface area contributed by atoms with E-state index in [4.69, 9.17) is 17.2 Å². The molecule has 0 saturated heterocycles. The number of imidazole rings is 1. The third kappa shape index (κ3) is 20.4. The summed E-state index contributed by atoms with van der Waals surface area (Å²) in [6.45, 7) is 11.7. The molecule has 0 spiro atoms. The Balaban J connectivity index is 1.45. The number of rotatable bonds is 32. The van der Waals surface area contributed by atoms with Gasteiger partial charge in [-0.05, 0) is 74.0 Å². The van der Waals surface area contributed by atoms with Gasteiger partial charge in [0.05, 0.1) is 18.9 Å². The predicted octanol–water partition coefficient (Wildman–Crippen LogP) is -0.335. The SMILES string of the molecule is CC(C)CC[C@H](NC(=O)[C@H](CC(C)C)NC(=O)[C@H](Cc1cnc[nH]1)NC(=O)CNC(=O)[C@@H](NC(=O)[C@H](C)NC(=O)[C@H](Cc1c[nH]c2ccccc12)NC(=O)[C@H](CCC(N)=O)NC(=O)[C@H](N)Cc1ccccc1)C(C)C)C(N)=O. The van der Waals surface area contributed by atoms with Crippen molar-refractivity contribution in [3.05, 3.63) is 90.1 Å². The zero-order chi connectivity index (χ0) is 57.6. The molecule has 2 aromatic carbocycles. The molecule has 24 nitrogen and oxygen atoms in total. The molecular weight excluding hydrogens is 1000 g/mol. The summed E-state index contributed by atoms with van der Waals surface area (Å²) in [6, 6.07) is 6.59. The van der Waals surface area contributed by atoms with E-state index >= 15 is 0 Å². The van der Waals surface area contributed by atoms with Crippen LogP contribution >= 0.6 is 0 Å². The minimum atomic E-state index is -1.35. The highest BCUT2D eigenvalue weighted by molar-refractivity contribution is 5.98. The summed E-state index contributed by atoms with van der Waals surface area (Å²) >= 11 is 0. The van der Waals surface area contributed by atoms with Crippen molar-refractivity contribution in [1.29, 1.82) is 0 Å². The van der Waals surface area contributed by atoms with Crippen molar-refractivity contribution in [2.75, 3.05) is 6.54 Å². The van der Waals surface area contributed by atoms with Gasteiger partial charge in [0.15, 0.2) is 0 Å². The van der Waals surface area contributed by atoms with Gasteiger partial charge in [0.1, 0.15) is 42.3 Å². The molecule has 10 amide bonds. The summed E-state index contributed by atoms with van der Waals surface area (Å²) in [5.74, 6) is -7.87. The Morgan fingerprint density at radius 2 is 1.17 bits per heavy atom. The monoisotopic (exact) mass is 1080 g/mol. The first kappa shape index (κ1) is 62.4. The lowest BCUT2D eigenvalue weighted by Crippen LogP contribution is -2.59. The molecule has 0 aliphatic rings. The van der Waals surface area contributed by atoms with Crippen LogP contribution in [0.15, 0.2) is 73.3 Å². The Kier molecular flexibility index (Phi) is 24.4. The van der Waals surface area contributed by atoms with Crippen molar-refractivity contribution >= 4 is 70.0 Å². The fraction of sp³-hybridized carbons (Fsp3) is 0.500. The minimum Gasteiger partial charge on any atom is -0.370 e. The number of benzene rings is 2. The van der Waals surface area contributed by atoms with Crippen molar-refractivity contribution in [3.63, 3.8) is 0 Å². The van der Waals surface area contributed by atoms with Crippen LogP contribution < -0.4 is 59.7 Å². The molecule has 16 N–H and O–H groups in total. The van der Waals surface area contributed by atoms with Crippen LogP contribution in [0, 0.1) is 17.8 Å². The first-order valence-electron chi connectivity index (χ1n) is 26.2. The summed E-state index contributed by atoms with van der Waals surface area (Å²) in [7, 11) is 0. The number of carbonyl (C=O) groups excluding carboxylic acids is 10. The zero-order valence-corrected chi connectivity index (χ0v) is 45.4. The third-order valence-corrected chi connectivity index (χ3v) is 12.8. The molecule has 4 aromatic rings. The molecule has 0 aliphatic heterocycles. The van der Waals surface area contributed by atoms with Gasteiger partial charge in [-0.3, -0.25) is 47.9 Å². The average Bonchev–Trinajstić information content (AvgIpc) is 4.07. The summed E-state index contributed by atoms with van der Waals surface area (Å²) in [5, 5.41) is 21.8. The van der Waals surface area contributed by atoms with Crippen LogP contribution in [0.1, 0.15) is 97.4 Å². The van der Waals surface area contributed by atoms with Crippen LogP contribution in [-0.4, -0.2) is 129 Å². The molecule has 8 atom stereocenters. The van der Waals surface area contributed by atoms with Gasteiger partial charge in [0.2, 0.25) is 59.1 Å². The van der Waals surface area contributed by atoms with Gasteiger partial charge in [-0.1, -0.05) is 90.1 Å². The highest BCUT2D eigenvalue weighted by Crippen LogP contribution is 2.20. The summed E-state index contributed by atoms with van der Waals surface area (Å²) in [4.78, 5) is 144. The number of aromatic amines is 2. The molecule has 0 bridgehead atoms. The maximum atomic E-state index is 14.2. The molecular formula is C54H78N14O10. The number of nitrogens with zero attached hydrogens (tertiary/aromatic N) is 1. The van der Waals surface area contributed by atoms with Gasteiger partial charge < -0.3 is 69.7 Å². The largest absolute Gasteiger partial charge is 0.370 e. The number of hydrogen-bond donors (Lipinski definition) is 13. The molecule has 2 heterocycles. The van der Waals surface area contributed by atoms with E-state index in [9.17, 15) is 47.9 Å². The lowest BCUT2D eigenvalue weighted by molar-refractivity contribution is -0.135. The van der Waals surface area contributed by atoms with Crippen LogP contribution in [0.25, 0.3) is 10.9 Å². The zero-order valence-electron chi connectivity index (χ0n) is 45.4. The molecule has 78 heavy (non-hydrogen) atoms. The molecule has 24 heteroatoms. The maximum absolute atomic E-state index is 14.2. The number of para-hydroxylation sites is 1. The first-order valence-corrected chi connectivity index (χ1v) is 26.2. The third-order valence-electron chi connectivity index (χ3n) is 12.8. The smallest absolute Gasteiger partial charge is 0.243 e. The van der Waals surface area contributed by atoms with E-state index in [0.717, 1.165) is 16.5 Å². The Hall–Kier alpha value is -8.15. The number of nitrogens with two attached hydrogens (primary N) is 3. The quantitative estimate of drug-likeness (QED) is 0.0299. The Morgan fingerprint density at radius 1 is 0.564 bits per heavy atom. The standard InChI is InChI=1S/C54H78N14O10/c1-29(2)17-18-39(47(57)71)64-52(76)41(21-30(3)4)66-53(77)43(24-35-26-58-28-61-35)63-45(70)27-60-54(78)46(31(5)6)68-48(72)32(7)62-51(75)42(23-34-25-59-38-16-12-11-15-36(34)38)67-50(74)40(19-20-44(56)69)65-49(73)37(55)22-33-13-9-8-10-14-33/h8-16,25-26,28-32,37,39-43,46,59H,17-24,27,55H2,1-7H3,(H2,56,69)(H2,57,71)(H,58,61)(H,60,78)(H,62,75)(H,63,70)(H,64,76)(H,65,73)(H,66,77)(H,67,74)(H,68,72)/t32-,37+,39-,40-,41-,42-,43-,46-/m0/s1. The number of H-pyrrole nitrogens is 2. The van der Waals surface area contributed by atoms with Crippen molar-refractivity contribution in [2.24, 2.45) is 35.0 Å². The highest BCUT2D eigenvalue weighted by Gasteiger charge is 2.34. The number of carbonyl (C=O) groups is 10.